The summed E-state index contributed by atoms with van der Waals surface area (Å²) in [6, 6.07) is 17.5. The van der Waals surface area contributed by atoms with Crippen molar-refractivity contribution in [2.75, 3.05) is 23.7 Å². The van der Waals surface area contributed by atoms with E-state index >= 15 is 0 Å². The van der Waals surface area contributed by atoms with Gasteiger partial charge in [0.1, 0.15) is 0 Å². The maximum atomic E-state index is 13.0. The summed E-state index contributed by atoms with van der Waals surface area (Å²) in [5, 5.41) is 7.28. The van der Waals surface area contributed by atoms with E-state index in [1.165, 1.54) is 55.4 Å². The number of benzene rings is 2. The minimum absolute atomic E-state index is 0.187. The summed E-state index contributed by atoms with van der Waals surface area (Å²) in [6.07, 6.45) is 5.50. The van der Waals surface area contributed by atoms with Crippen LogP contribution < -0.4 is 19.6 Å². The van der Waals surface area contributed by atoms with E-state index in [4.69, 9.17) is 9.47 Å². The summed E-state index contributed by atoms with van der Waals surface area (Å²) in [5.74, 6) is -0.187. The average Bonchev–Trinajstić information content (AvgIpc) is 3.01. The molecule has 3 amide bonds. The predicted octanol–water partition coefficient (Wildman–Crippen LogP) is 8.06. The van der Waals surface area contributed by atoms with Gasteiger partial charge < -0.3 is 0 Å². The molecule has 0 bridgehead atoms. The van der Waals surface area contributed by atoms with Gasteiger partial charge in [0.25, 0.3) is 0 Å². The fourth-order valence-electron chi connectivity index (χ4n) is 5.58. The Morgan fingerprint density at radius 1 is 0.711 bits per heavy atom. The Morgan fingerprint density at radius 2 is 1.20 bits per heavy atom. The van der Waals surface area contributed by atoms with Crippen molar-refractivity contribution in [3.8, 4) is 0 Å². The van der Waals surface area contributed by atoms with Gasteiger partial charge in [-0.2, -0.15) is 0 Å². The summed E-state index contributed by atoms with van der Waals surface area (Å²) in [5.41, 5.74) is 4.21. The zero-order chi connectivity index (χ0) is 33.1. The number of hydrogen-bond donors (Lipinski definition) is 3. The molecule has 10 heteroatoms. The van der Waals surface area contributed by atoms with Gasteiger partial charge in [-0.3, -0.25) is 5.32 Å². The second kappa shape index (κ2) is 21.1. The Morgan fingerprint density at radius 3 is 1.69 bits per heavy atom. The van der Waals surface area contributed by atoms with Crippen molar-refractivity contribution in [2.24, 2.45) is 0 Å². The van der Waals surface area contributed by atoms with Gasteiger partial charge in [-0.25, -0.2) is 4.79 Å². The second-order valence-electron chi connectivity index (χ2n) is 12.0. The van der Waals surface area contributed by atoms with Gasteiger partial charge in [-0.15, -0.1) is 0 Å². The molecule has 0 spiro atoms. The number of carbonyl (C=O) groups is 3. The average molecular weight is 732 g/mol. The van der Waals surface area contributed by atoms with Crippen molar-refractivity contribution in [1.29, 1.82) is 0 Å². The number of rotatable bonds is 20. The van der Waals surface area contributed by atoms with Crippen molar-refractivity contribution in [3.05, 3.63) is 54.6 Å². The monoisotopic (exact) mass is 732 g/mol. The maximum absolute atomic E-state index is 13.0. The molecule has 0 aliphatic carbocycles. The van der Waals surface area contributed by atoms with Crippen LogP contribution in [-0.4, -0.2) is 66.8 Å². The van der Waals surface area contributed by atoms with E-state index in [0.717, 1.165) is 5.69 Å². The van der Waals surface area contributed by atoms with Crippen LogP contribution in [-0.2, 0) is 14.3 Å². The molecule has 0 aliphatic heterocycles. The molecule has 2 rings (SSSR count). The Bertz CT molecular complexity index is 1140. The second-order valence-corrected chi connectivity index (χ2v) is 25.3. The van der Waals surface area contributed by atoms with Gasteiger partial charge in [0, 0.05) is 5.69 Å². The number of ether oxygens (including phenoxy) is 2. The number of carbonyl (C=O) groups excluding carboxylic acids is 3. The first-order chi connectivity index (χ1) is 21.6. The van der Waals surface area contributed by atoms with Gasteiger partial charge in [0.05, 0.1) is 0 Å². The first kappa shape index (κ1) is 38.4. The van der Waals surface area contributed by atoms with Gasteiger partial charge in [-0.1, -0.05) is 25.1 Å². The van der Waals surface area contributed by atoms with Gasteiger partial charge in [0.2, 0.25) is 0 Å². The Labute approximate surface area is 275 Å². The number of anilines is 2. The molecular weight excluding hydrogens is 675 g/mol. The molecule has 9 nitrogen and oxygen atoms in total. The number of hydrogen-bond acceptors (Lipinski definition) is 6. The third kappa shape index (κ3) is 14.5. The fraction of sp³-hybridized carbons (Fsp3) is 0.571. The molecule has 0 fully saturated rings. The van der Waals surface area contributed by atoms with E-state index < -0.39 is 42.8 Å². The Balaban J connectivity index is 2.04. The minimum atomic E-state index is -2.65. The number of hydrazine groups is 1. The molecule has 0 aromatic heterocycles. The molecule has 2 aromatic carbocycles. The number of amides is 3. The van der Waals surface area contributed by atoms with Crippen molar-refractivity contribution in [1.82, 2.24) is 10.4 Å². The third-order valence-electron chi connectivity index (χ3n) is 7.94. The summed E-state index contributed by atoms with van der Waals surface area (Å²) in [7, 11) is 0. The standard InChI is InChI=1S/C23H29N4O5.3C4H9.Sn/c1-4-21(28)26-27(15-17(2)31-22(29)24-19-11-7-5-8-12-19)16-18(3)32-23(30)25-20-13-9-6-10-14-20;3*1-3-4-2;/h5-9,11-14,17-18H,4,15-16H2,1-3H3,(H,24,29)(H,25,30)(H,26,28);3*1,3-4H2,2H3;. The zero-order valence-corrected chi connectivity index (χ0v) is 31.2. The number of unbranched alkanes of at least 4 members (excludes halogenated alkanes) is 3. The number of para-hydroxylation sites is 1. The normalized spacial score (nSPS) is 12.7. The molecule has 0 saturated carbocycles. The predicted molar refractivity (Wildman–Crippen MR) is 187 cm³/mol. The van der Waals surface area contributed by atoms with Gasteiger partial charge in [0.15, 0.2) is 0 Å². The van der Waals surface area contributed by atoms with Crippen LogP contribution in [0.4, 0.5) is 21.0 Å². The van der Waals surface area contributed by atoms with Crippen molar-refractivity contribution in [2.45, 2.75) is 112 Å². The first-order valence-electron chi connectivity index (χ1n) is 16.8. The van der Waals surface area contributed by atoms with Crippen LogP contribution in [0.2, 0.25) is 13.3 Å². The Kier molecular flexibility index (Phi) is 18.0. The molecule has 0 radical (unpaired) electrons. The van der Waals surface area contributed by atoms with Gasteiger partial charge >= 0.3 is 223 Å². The topological polar surface area (TPSA) is 109 Å². The zero-order valence-electron chi connectivity index (χ0n) is 28.3. The molecule has 2 atom stereocenters. The summed E-state index contributed by atoms with van der Waals surface area (Å²) in [6.45, 7) is 12.5. The van der Waals surface area contributed by atoms with Crippen molar-refractivity contribution < 1.29 is 23.9 Å². The van der Waals surface area contributed by atoms with E-state index in [9.17, 15) is 14.4 Å². The molecular formula is C35H56N4O5Sn. The van der Waals surface area contributed by atoms with E-state index in [1.54, 1.807) is 37.9 Å². The SMILES string of the molecule is CCC[CH2][Sn]([CH2]CCC)([CH2]CCC)[c]1cccc(NC(=O)OC(C)CN(CC(C)OC(=O)Nc2ccccc2)NC(=O)CC)c1. The summed E-state index contributed by atoms with van der Waals surface area (Å²) >= 11 is -2.65. The summed E-state index contributed by atoms with van der Waals surface area (Å²) < 4.78 is 16.8. The molecule has 3 N–H and O–H groups in total. The van der Waals surface area contributed by atoms with Crippen LogP contribution in [0.15, 0.2) is 54.6 Å². The van der Waals surface area contributed by atoms with Crippen LogP contribution >= 0.6 is 0 Å². The number of nitrogens with one attached hydrogen (secondary N) is 3. The Hall–Kier alpha value is -2.79. The van der Waals surface area contributed by atoms with Crippen LogP contribution in [0.25, 0.3) is 0 Å². The summed E-state index contributed by atoms with van der Waals surface area (Å²) in [4.78, 5) is 37.6. The van der Waals surface area contributed by atoms with Crippen LogP contribution in [0, 0.1) is 0 Å². The molecule has 0 heterocycles. The van der Waals surface area contributed by atoms with Crippen LogP contribution in [0.1, 0.15) is 86.5 Å². The van der Waals surface area contributed by atoms with E-state index in [0.29, 0.717) is 5.69 Å². The van der Waals surface area contributed by atoms with Crippen LogP contribution in [0.3, 0.4) is 0 Å². The fourth-order valence-corrected chi connectivity index (χ4v) is 21.6. The molecule has 2 unspecified atom stereocenters. The van der Waals surface area contributed by atoms with E-state index in [-0.39, 0.29) is 25.4 Å². The van der Waals surface area contributed by atoms with E-state index in [1.807, 2.05) is 24.3 Å². The van der Waals surface area contributed by atoms with Crippen molar-refractivity contribution >= 4 is 51.4 Å². The third-order valence-corrected chi connectivity index (χ3v) is 23.5. The molecule has 250 valence electrons. The first-order valence-corrected chi connectivity index (χ1v) is 24.3. The van der Waals surface area contributed by atoms with E-state index in [2.05, 4.69) is 55.0 Å². The quantitative estimate of drug-likeness (QED) is 0.0940. The van der Waals surface area contributed by atoms with Crippen molar-refractivity contribution in [3.63, 3.8) is 0 Å². The molecule has 45 heavy (non-hydrogen) atoms. The van der Waals surface area contributed by atoms with Crippen LogP contribution in [0.5, 0.6) is 0 Å². The number of nitrogens with zero attached hydrogens (tertiary/aromatic N) is 1. The molecule has 2 aromatic rings. The van der Waals surface area contributed by atoms with Gasteiger partial charge in [-0.05, 0) is 12.1 Å². The molecule has 0 aliphatic rings. The molecule has 0 saturated heterocycles.